The summed E-state index contributed by atoms with van der Waals surface area (Å²) in [6.07, 6.45) is 1.75. The van der Waals surface area contributed by atoms with Crippen LogP contribution in [-0.2, 0) is 6.42 Å². The molecule has 1 heteroatoms. The van der Waals surface area contributed by atoms with Gasteiger partial charge in [0, 0.05) is 6.42 Å². The Bertz CT molecular complexity index is 315. The molecular formula is C14H22O. The van der Waals surface area contributed by atoms with Crippen molar-refractivity contribution < 1.29 is 5.11 Å². The van der Waals surface area contributed by atoms with Gasteiger partial charge in [-0.3, -0.25) is 0 Å². The van der Waals surface area contributed by atoms with Gasteiger partial charge >= 0.3 is 0 Å². The molecule has 0 aliphatic heterocycles. The molecule has 2 unspecified atom stereocenters. The van der Waals surface area contributed by atoms with E-state index in [2.05, 4.69) is 45.0 Å². The fourth-order valence-corrected chi connectivity index (χ4v) is 1.85. The number of hydrogen-bond acceptors (Lipinski definition) is 1. The van der Waals surface area contributed by atoms with E-state index in [0.717, 1.165) is 12.8 Å². The van der Waals surface area contributed by atoms with E-state index in [4.69, 9.17) is 0 Å². The third-order valence-corrected chi connectivity index (χ3v) is 3.32. The average Bonchev–Trinajstić information content (AvgIpc) is 2.15. The maximum Gasteiger partial charge on any atom is 0.0685 e. The van der Waals surface area contributed by atoms with Gasteiger partial charge in [0.2, 0.25) is 0 Å². The molecule has 1 aromatic rings. The van der Waals surface area contributed by atoms with Crippen molar-refractivity contribution in [1.29, 1.82) is 0 Å². The van der Waals surface area contributed by atoms with Crippen molar-refractivity contribution in [2.75, 3.05) is 0 Å². The molecule has 15 heavy (non-hydrogen) atoms. The molecule has 0 fully saturated rings. The molecule has 0 heterocycles. The Hall–Kier alpha value is -0.820. The van der Waals surface area contributed by atoms with Gasteiger partial charge in [0.15, 0.2) is 0 Å². The van der Waals surface area contributed by atoms with E-state index in [1.165, 1.54) is 11.1 Å². The Morgan fingerprint density at radius 2 is 2.07 bits per heavy atom. The first-order valence-corrected chi connectivity index (χ1v) is 5.73. The lowest BCUT2D eigenvalue weighted by molar-refractivity contribution is 0.00516. The SMILES string of the molecule is CCC(C)C(C)(O)Cc1cccc(C)c1. The molecule has 0 aliphatic carbocycles. The van der Waals surface area contributed by atoms with Crippen molar-refractivity contribution in [3.63, 3.8) is 0 Å². The second kappa shape index (κ2) is 4.80. The van der Waals surface area contributed by atoms with Crippen molar-refractivity contribution in [2.24, 2.45) is 5.92 Å². The lowest BCUT2D eigenvalue weighted by Crippen LogP contribution is -2.34. The number of rotatable bonds is 4. The van der Waals surface area contributed by atoms with Crippen LogP contribution in [0.5, 0.6) is 0 Å². The summed E-state index contributed by atoms with van der Waals surface area (Å²) in [5.74, 6) is 0.331. The molecular weight excluding hydrogens is 184 g/mol. The molecule has 0 saturated carbocycles. The zero-order valence-electron chi connectivity index (χ0n) is 10.2. The van der Waals surface area contributed by atoms with Crippen LogP contribution in [0.15, 0.2) is 24.3 Å². The summed E-state index contributed by atoms with van der Waals surface area (Å²) in [6, 6.07) is 8.37. The largest absolute Gasteiger partial charge is 0.390 e. The summed E-state index contributed by atoms with van der Waals surface area (Å²) in [7, 11) is 0. The van der Waals surface area contributed by atoms with Gasteiger partial charge in [0.1, 0.15) is 0 Å². The summed E-state index contributed by atoms with van der Waals surface area (Å²) in [5, 5.41) is 10.3. The Balaban J connectivity index is 2.77. The van der Waals surface area contributed by atoms with Gasteiger partial charge in [-0.2, -0.15) is 0 Å². The van der Waals surface area contributed by atoms with Crippen molar-refractivity contribution in [2.45, 2.75) is 46.1 Å². The molecule has 1 aromatic carbocycles. The first-order valence-electron chi connectivity index (χ1n) is 5.73. The number of aryl methyl sites for hydroxylation is 1. The fraction of sp³-hybridized carbons (Fsp3) is 0.571. The molecule has 0 saturated heterocycles. The van der Waals surface area contributed by atoms with Crippen LogP contribution in [0, 0.1) is 12.8 Å². The van der Waals surface area contributed by atoms with Crippen LogP contribution in [0.2, 0.25) is 0 Å². The minimum absolute atomic E-state index is 0.331. The second-order valence-corrected chi connectivity index (χ2v) is 4.83. The van der Waals surface area contributed by atoms with Gasteiger partial charge in [-0.25, -0.2) is 0 Å². The Labute approximate surface area is 93.1 Å². The van der Waals surface area contributed by atoms with E-state index in [1.807, 2.05) is 6.92 Å². The van der Waals surface area contributed by atoms with Crippen molar-refractivity contribution in [3.8, 4) is 0 Å². The minimum atomic E-state index is -0.595. The van der Waals surface area contributed by atoms with Crippen molar-refractivity contribution in [1.82, 2.24) is 0 Å². The summed E-state index contributed by atoms with van der Waals surface area (Å²) in [4.78, 5) is 0. The second-order valence-electron chi connectivity index (χ2n) is 4.83. The van der Waals surface area contributed by atoms with Gasteiger partial charge in [-0.15, -0.1) is 0 Å². The van der Waals surface area contributed by atoms with E-state index in [1.54, 1.807) is 0 Å². The van der Waals surface area contributed by atoms with E-state index in [0.29, 0.717) is 5.92 Å². The van der Waals surface area contributed by atoms with E-state index in [9.17, 15) is 5.11 Å². The van der Waals surface area contributed by atoms with E-state index >= 15 is 0 Å². The number of benzene rings is 1. The molecule has 1 nitrogen and oxygen atoms in total. The minimum Gasteiger partial charge on any atom is -0.390 e. The summed E-state index contributed by atoms with van der Waals surface area (Å²) in [5.41, 5.74) is 1.88. The van der Waals surface area contributed by atoms with Crippen LogP contribution in [-0.4, -0.2) is 10.7 Å². The quantitative estimate of drug-likeness (QED) is 0.801. The fourth-order valence-electron chi connectivity index (χ4n) is 1.85. The van der Waals surface area contributed by atoms with Gasteiger partial charge in [-0.05, 0) is 25.3 Å². The third kappa shape index (κ3) is 3.35. The lowest BCUT2D eigenvalue weighted by Gasteiger charge is -2.29. The molecule has 2 atom stereocenters. The van der Waals surface area contributed by atoms with Crippen molar-refractivity contribution in [3.05, 3.63) is 35.4 Å². The Morgan fingerprint density at radius 1 is 1.40 bits per heavy atom. The summed E-state index contributed by atoms with van der Waals surface area (Å²) < 4.78 is 0. The van der Waals surface area contributed by atoms with Crippen LogP contribution in [0.1, 0.15) is 38.3 Å². The number of hydrogen-bond donors (Lipinski definition) is 1. The normalized spacial score (nSPS) is 17.1. The maximum absolute atomic E-state index is 10.3. The summed E-state index contributed by atoms with van der Waals surface area (Å²) >= 11 is 0. The predicted molar refractivity (Wildman–Crippen MR) is 65.0 cm³/mol. The zero-order valence-corrected chi connectivity index (χ0v) is 10.2. The van der Waals surface area contributed by atoms with E-state index in [-0.39, 0.29) is 0 Å². The Morgan fingerprint density at radius 3 is 2.60 bits per heavy atom. The predicted octanol–water partition coefficient (Wildman–Crippen LogP) is 3.33. The van der Waals surface area contributed by atoms with E-state index < -0.39 is 5.60 Å². The highest BCUT2D eigenvalue weighted by atomic mass is 16.3. The summed E-state index contributed by atoms with van der Waals surface area (Å²) in [6.45, 7) is 8.25. The monoisotopic (exact) mass is 206 g/mol. The van der Waals surface area contributed by atoms with Crippen molar-refractivity contribution >= 4 is 0 Å². The van der Waals surface area contributed by atoms with Crippen LogP contribution in [0.25, 0.3) is 0 Å². The molecule has 0 bridgehead atoms. The molecule has 1 rings (SSSR count). The zero-order chi connectivity index (χ0) is 11.5. The number of aliphatic hydroxyl groups is 1. The molecule has 0 amide bonds. The smallest absolute Gasteiger partial charge is 0.0685 e. The van der Waals surface area contributed by atoms with Gasteiger partial charge < -0.3 is 5.11 Å². The first-order chi connectivity index (χ1) is 6.95. The maximum atomic E-state index is 10.3. The van der Waals surface area contributed by atoms with Crippen LogP contribution in [0.4, 0.5) is 0 Å². The van der Waals surface area contributed by atoms with Crippen LogP contribution < -0.4 is 0 Å². The molecule has 1 N–H and O–H groups in total. The highest BCUT2D eigenvalue weighted by Crippen LogP contribution is 2.24. The third-order valence-electron chi connectivity index (χ3n) is 3.32. The standard InChI is InChI=1S/C14H22O/c1-5-12(3)14(4,15)10-13-8-6-7-11(2)9-13/h6-9,12,15H,5,10H2,1-4H3. The van der Waals surface area contributed by atoms with Gasteiger partial charge in [-0.1, -0.05) is 50.1 Å². The first kappa shape index (κ1) is 12.3. The lowest BCUT2D eigenvalue weighted by atomic mass is 9.83. The van der Waals surface area contributed by atoms with Crippen LogP contribution >= 0.6 is 0 Å². The van der Waals surface area contributed by atoms with Crippen LogP contribution in [0.3, 0.4) is 0 Å². The average molecular weight is 206 g/mol. The topological polar surface area (TPSA) is 20.2 Å². The molecule has 84 valence electrons. The molecule has 0 aromatic heterocycles. The van der Waals surface area contributed by atoms with Gasteiger partial charge in [0.25, 0.3) is 0 Å². The molecule has 0 radical (unpaired) electrons. The van der Waals surface area contributed by atoms with Gasteiger partial charge in [0.05, 0.1) is 5.60 Å². The Kier molecular flexibility index (Phi) is 3.92. The highest BCUT2D eigenvalue weighted by Gasteiger charge is 2.26. The molecule has 0 aliphatic rings. The highest BCUT2D eigenvalue weighted by molar-refractivity contribution is 5.23. The molecule has 0 spiro atoms.